The average molecular weight is 224 g/mol. The van der Waals surface area contributed by atoms with E-state index in [0.717, 1.165) is 31.4 Å². The van der Waals surface area contributed by atoms with Crippen LogP contribution in [0.3, 0.4) is 0 Å². The second kappa shape index (κ2) is 5.04. The highest BCUT2D eigenvalue weighted by atomic mass is 15.3. The highest BCUT2D eigenvalue weighted by molar-refractivity contribution is 5.79. The van der Waals surface area contributed by atoms with Gasteiger partial charge in [-0.25, -0.2) is 5.84 Å². The van der Waals surface area contributed by atoms with Crippen molar-refractivity contribution in [1.82, 2.24) is 10.7 Å². The smallest absolute Gasteiger partial charge is 0.205 e. The molecule has 0 saturated heterocycles. The lowest BCUT2D eigenvalue weighted by Gasteiger charge is -2.13. The summed E-state index contributed by atoms with van der Waals surface area (Å²) in [5.74, 6) is 7.18. The summed E-state index contributed by atoms with van der Waals surface area (Å²) in [7, 11) is 0. The van der Waals surface area contributed by atoms with Crippen molar-refractivity contribution in [3.05, 3.63) is 0 Å². The van der Waals surface area contributed by atoms with Crippen LogP contribution in [0.15, 0.2) is 4.99 Å². The van der Waals surface area contributed by atoms with E-state index in [2.05, 4.69) is 22.7 Å². The molecule has 16 heavy (non-hydrogen) atoms. The van der Waals surface area contributed by atoms with Crippen LogP contribution in [0.4, 0.5) is 0 Å². The highest BCUT2D eigenvalue weighted by Gasteiger charge is 2.53. The number of unbranched alkanes of at least 4 members (excludes halogenated alkanes) is 1. The molecule has 0 amide bonds. The Labute approximate surface area is 98.0 Å². The molecule has 4 heteroatoms. The Morgan fingerprint density at radius 1 is 1.44 bits per heavy atom. The Morgan fingerprint density at radius 2 is 2.19 bits per heavy atom. The quantitative estimate of drug-likeness (QED) is 0.210. The zero-order valence-corrected chi connectivity index (χ0v) is 10.3. The molecule has 0 aliphatic heterocycles. The maximum Gasteiger partial charge on any atom is 0.205 e. The van der Waals surface area contributed by atoms with Crippen LogP contribution in [0.25, 0.3) is 0 Å². The van der Waals surface area contributed by atoms with Crippen molar-refractivity contribution < 1.29 is 0 Å². The van der Waals surface area contributed by atoms with Crippen LogP contribution in [0.2, 0.25) is 0 Å². The number of nitrogens with two attached hydrogens (primary N) is 1. The van der Waals surface area contributed by atoms with Gasteiger partial charge in [-0.15, -0.1) is 0 Å². The van der Waals surface area contributed by atoms with Gasteiger partial charge in [-0.1, -0.05) is 13.3 Å². The Hall–Kier alpha value is -0.770. The minimum atomic E-state index is 0.564. The van der Waals surface area contributed by atoms with Crippen LogP contribution >= 0.6 is 0 Å². The maximum absolute atomic E-state index is 5.45. The molecule has 0 radical (unpaired) electrons. The van der Waals surface area contributed by atoms with Crippen molar-refractivity contribution in [3.8, 4) is 0 Å². The van der Waals surface area contributed by atoms with Gasteiger partial charge < -0.3 is 5.32 Å². The van der Waals surface area contributed by atoms with Crippen molar-refractivity contribution in [2.75, 3.05) is 13.1 Å². The molecule has 2 saturated carbocycles. The van der Waals surface area contributed by atoms with E-state index in [4.69, 9.17) is 5.84 Å². The lowest BCUT2D eigenvalue weighted by Crippen LogP contribution is -2.42. The molecule has 0 unspecified atom stereocenters. The standard InChI is InChI=1S/C12H24N4/c1-2-3-8-14-11(16-13)15-9-12(6-7-12)10-4-5-10/h10H,2-9,13H2,1H3,(H2,14,15,16). The number of aliphatic imine (C=N–C) groups is 1. The van der Waals surface area contributed by atoms with Crippen LogP contribution in [-0.4, -0.2) is 19.0 Å². The molecule has 2 rings (SSSR count). The fraction of sp³-hybridized carbons (Fsp3) is 0.917. The molecule has 2 fully saturated rings. The zero-order chi connectivity index (χ0) is 11.4. The summed E-state index contributed by atoms with van der Waals surface area (Å²) >= 11 is 0. The van der Waals surface area contributed by atoms with E-state index < -0.39 is 0 Å². The third-order valence-corrected chi connectivity index (χ3v) is 3.85. The first-order valence-corrected chi connectivity index (χ1v) is 6.56. The van der Waals surface area contributed by atoms with Gasteiger partial charge in [0.15, 0.2) is 0 Å². The van der Waals surface area contributed by atoms with E-state index >= 15 is 0 Å². The third kappa shape index (κ3) is 2.88. The number of hydrogen-bond donors (Lipinski definition) is 3. The third-order valence-electron chi connectivity index (χ3n) is 3.85. The van der Waals surface area contributed by atoms with Gasteiger partial charge in [-0.2, -0.15) is 0 Å². The lowest BCUT2D eigenvalue weighted by atomic mass is 10.0. The highest BCUT2D eigenvalue weighted by Crippen LogP contribution is 2.61. The molecule has 0 atom stereocenters. The van der Waals surface area contributed by atoms with E-state index in [1.165, 1.54) is 32.1 Å². The lowest BCUT2D eigenvalue weighted by molar-refractivity contribution is 0.452. The fourth-order valence-corrected chi connectivity index (χ4v) is 2.32. The predicted molar refractivity (Wildman–Crippen MR) is 66.9 cm³/mol. The molecule has 4 nitrogen and oxygen atoms in total. The summed E-state index contributed by atoms with van der Waals surface area (Å²) in [5.41, 5.74) is 3.22. The minimum absolute atomic E-state index is 0.564. The predicted octanol–water partition coefficient (Wildman–Crippen LogP) is 1.39. The number of hydrazine groups is 1. The monoisotopic (exact) mass is 224 g/mol. The van der Waals surface area contributed by atoms with Crippen molar-refractivity contribution in [2.45, 2.75) is 45.4 Å². The first kappa shape index (κ1) is 11.7. The molecule has 0 spiro atoms. The number of guanidine groups is 1. The van der Waals surface area contributed by atoms with E-state index in [1.807, 2.05) is 0 Å². The van der Waals surface area contributed by atoms with Gasteiger partial charge in [0.1, 0.15) is 0 Å². The number of rotatable bonds is 6. The molecule has 0 aromatic carbocycles. The summed E-state index contributed by atoms with van der Waals surface area (Å²) in [5, 5.41) is 3.24. The van der Waals surface area contributed by atoms with Crippen molar-refractivity contribution >= 4 is 5.96 Å². The zero-order valence-electron chi connectivity index (χ0n) is 10.3. The summed E-state index contributed by atoms with van der Waals surface area (Å²) in [6.07, 6.45) is 7.93. The SMILES string of the molecule is CCCCNC(=NCC1(C2CC2)CC1)NN. The molecule has 92 valence electrons. The minimum Gasteiger partial charge on any atom is -0.355 e. The fourth-order valence-electron chi connectivity index (χ4n) is 2.32. The van der Waals surface area contributed by atoms with E-state index in [-0.39, 0.29) is 0 Å². The van der Waals surface area contributed by atoms with Crippen LogP contribution in [0, 0.1) is 11.3 Å². The number of hydrogen-bond acceptors (Lipinski definition) is 2. The second-order valence-corrected chi connectivity index (χ2v) is 5.23. The Balaban J connectivity index is 1.74. The van der Waals surface area contributed by atoms with E-state index in [0.29, 0.717) is 5.41 Å². The van der Waals surface area contributed by atoms with Crippen molar-refractivity contribution in [3.63, 3.8) is 0 Å². The summed E-state index contributed by atoms with van der Waals surface area (Å²) in [6.45, 7) is 4.09. The van der Waals surface area contributed by atoms with Crippen LogP contribution in [0.5, 0.6) is 0 Å². The average Bonchev–Trinajstić information content (AvgIpc) is 3.16. The molecule has 2 aliphatic rings. The van der Waals surface area contributed by atoms with Gasteiger partial charge in [0.2, 0.25) is 5.96 Å². The molecule has 2 aliphatic carbocycles. The first-order valence-electron chi connectivity index (χ1n) is 6.56. The van der Waals surface area contributed by atoms with Gasteiger partial charge in [0.05, 0.1) is 0 Å². The normalized spacial score (nSPS) is 23.0. The summed E-state index contributed by atoms with van der Waals surface area (Å²) in [4.78, 5) is 4.58. The topological polar surface area (TPSA) is 62.4 Å². The van der Waals surface area contributed by atoms with E-state index in [1.54, 1.807) is 0 Å². The van der Waals surface area contributed by atoms with Crippen LogP contribution in [0.1, 0.15) is 45.4 Å². The molecular formula is C12H24N4. The first-order chi connectivity index (χ1) is 7.80. The van der Waals surface area contributed by atoms with Crippen molar-refractivity contribution in [1.29, 1.82) is 0 Å². The number of nitrogens with one attached hydrogen (secondary N) is 2. The summed E-state index contributed by atoms with van der Waals surface area (Å²) < 4.78 is 0. The molecule has 0 bridgehead atoms. The van der Waals surface area contributed by atoms with Gasteiger partial charge in [0, 0.05) is 13.1 Å². The van der Waals surface area contributed by atoms with Gasteiger partial charge in [-0.3, -0.25) is 10.4 Å². The molecule has 0 heterocycles. The Bertz CT molecular complexity index is 254. The van der Waals surface area contributed by atoms with E-state index in [9.17, 15) is 0 Å². The number of nitrogens with zero attached hydrogens (tertiary/aromatic N) is 1. The van der Waals surface area contributed by atoms with Crippen LogP contribution < -0.4 is 16.6 Å². The Morgan fingerprint density at radius 3 is 2.69 bits per heavy atom. The molecule has 0 aromatic rings. The molecule has 4 N–H and O–H groups in total. The molecular weight excluding hydrogens is 200 g/mol. The molecule has 0 aromatic heterocycles. The largest absolute Gasteiger partial charge is 0.355 e. The Kier molecular flexibility index (Phi) is 3.69. The van der Waals surface area contributed by atoms with Gasteiger partial charge in [-0.05, 0) is 43.4 Å². The van der Waals surface area contributed by atoms with Gasteiger partial charge in [0.25, 0.3) is 0 Å². The van der Waals surface area contributed by atoms with Gasteiger partial charge >= 0.3 is 0 Å². The van der Waals surface area contributed by atoms with Crippen LogP contribution in [-0.2, 0) is 0 Å². The second-order valence-electron chi connectivity index (χ2n) is 5.23. The summed E-state index contributed by atoms with van der Waals surface area (Å²) in [6, 6.07) is 0. The van der Waals surface area contributed by atoms with Crippen molar-refractivity contribution in [2.24, 2.45) is 22.2 Å². The maximum atomic E-state index is 5.45.